The predicted octanol–water partition coefficient (Wildman–Crippen LogP) is 8.67. The zero-order valence-corrected chi connectivity index (χ0v) is 28.3. The normalized spacial score (nSPS) is 20.3. The molecule has 43 heavy (non-hydrogen) atoms. The third-order valence-corrected chi connectivity index (χ3v) is 10.8. The molecule has 1 aromatic heterocycles. The van der Waals surface area contributed by atoms with Gasteiger partial charge in [0.25, 0.3) is 5.91 Å². The van der Waals surface area contributed by atoms with Gasteiger partial charge < -0.3 is 9.33 Å². The van der Waals surface area contributed by atoms with Crippen LogP contribution in [0, 0.1) is 5.92 Å². The zero-order chi connectivity index (χ0) is 31.2. The molecular weight excluding hydrogens is 659 g/mol. The van der Waals surface area contributed by atoms with E-state index in [9.17, 15) is 4.79 Å². The fourth-order valence-corrected chi connectivity index (χ4v) is 8.62. The van der Waals surface area contributed by atoms with Crippen LogP contribution in [0.1, 0.15) is 48.5 Å². The van der Waals surface area contributed by atoms with E-state index in [4.69, 9.17) is 16.0 Å². The highest BCUT2D eigenvalue weighted by Gasteiger charge is 2.63. The summed E-state index contributed by atoms with van der Waals surface area (Å²) in [5.41, 5.74) is -1.09. The Hall–Kier alpha value is -1.98. The topological polar surface area (TPSA) is 45.7 Å². The van der Waals surface area contributed by atoms with Crippen molar-refractivity contribution in [3.05, 3.63) is 75.4 Å². The summed E-state index contributed by atoms with van der Waals surface area (Å²) in [6, 6.07) is 13.5. The third-order valence-electron chi connectivity index (χ3n) is 9.06. The van der Waals surface area contributed by atoms with Crippen LogP contribution in [-0.4, -0.2) is 66.9 Å². The van der Waals surface area contributed by atoms with Gasteiger partial charge in [0.05, 0.1) is 11.1 Å². The first-order chi connectivity index (χ1) is 20.1. The molecular formula is C32H38BrClF3N3O2Si. The lowest BCUT2D eigenvalue weighted by atomic mass is 9.74. The molecule has 2 fully saturated rings. The van der Waals surface area contributed by atoms with E-state index in [0.717, 1.165) is 22.7 Å². The minimum Gasteiger partial charge on any atom is -0.400 e. The molecule has 1 amide bonds. The summed E-state index contributed by atoms with van der Waals surface area (Å²) in [6.07, 6.45) is -0.674. The van der Waals surface area contributed by atoms with E-state index in [-0.39, 0.29) is 17.0 Å². The molecule has 3 heterocycles. The minimum atomic E-state index is -4.56. The number of halogens is 5. The fourth-order valence-electron chi connectivity index (χ4n) is 6.82. The van der Waals surface area contributed by atoms with E-state index >= 15 is 13.2 Å². The number of nitrogens with zero attached hydrogens (tertiary/aromatic N) is 3. The Morgan fingerprint density at radius 3 is 2.23 bits per heavy atom. The number of aromatic nitrogens is 1. The van der Waals surface area contributed by atoms with Crippen molar-refractivity contribution in [2.24, 2.45) is 5.92 Å². The van der Waals surface area contributed by atoms with Crippen LogP contribution in [0.3, 0.4) is 0 Å². The second-order valence-corrected chi connectivity index (χ2v) is 18.8. The largest absolute Gasteiger partial charge is 0.420 e. The highest BCUT2D eigenvalue weighted by Crippen LogP contribution is 2.53. The van der Waals surface area contributed by atoms with Gasteiger partial charge in [0.15, 0.2) is 13.9 Å². The minimum absolute atomic E-state index is 0.0385. The SMILES string of the molecule is CC1(N2CCC(C(O[Si](C)(C)C)(c3ccc(Br)cc3)C(F)(F)F)CC2)CCN(C(=O)c2ccnc3cc(Cl)ccc23)CC1. The number of benzene rings is 2. The van der Waals surface area contributed by atoms with Crippen molar-refractivity contribution < 1.29 is 22.4 Å². The Bertz CT molecular complexity index is 1470. The number of alkyl halides is 3. The van der Waals surface area contributed by atoms with Crippen molar-refractivity contribution in [2.45, 2.75) is 69.6 Å². The summed E-state index contributed by atoms with van der Waals surface area (Å²) < 4.78 is 52.5. The number of pyridine rings is 1. The molecule has 5 rings (SSSR count). The zero-order valence-electron chi connectivity index (χ0n) is 25.0. The van der Waals surface area contributed by atoms with Crippen molar-refractivity contribution in [1.82, 2.24) is 14.8 Å². The van der Waals surface area contributed by atoms with E-state index < -0.39 is 26.0 Å². The van der Waals surface area contributed by atoms with Crippen LogP contribution >= 0.6 is 27.5 Å². The lowest BCUT2D eigenvalue weighted by molar-refractivity contribution is -0.283. The molecule has 5 nitrogen and oxygen atoms in total. The molecule has 2 aliphatic heterocycles. The van der Waals surface area contributed by atoms with Gasteiger partial charge in [0, 0.05) is 45.6 Å². The van der Waals surface area contributed by atoms with Crippen LogP contribution in [0.25, 0.3) is 10.9 Å². The van der Waals surface area contributed by atoms with Gasteiger partial charge in [-0.15, -0.1) is 0 Å². The summed E-state index contributed by atoms with van der Waals surface area (Å²) in [7, 11) is -2.61. The van der Waals surface area contributed by atoms with E-state index in [2.05, 4.69) is 32.7 Å². The number of piperidine rings is 2. The molecule has 0 saturated carbocycles. The molecule has 0 radical (unpaired) electrons. The van der Waals surface area contributed by atoms with Crippen LogP contribution in [-0.2, 0) is 10.0 Å². The smallest absolute Gasteiger partial charge is 0.400 e. The number of hydrogen-bond donors (Lipinski definition) is 0. The summed E-state index contributed by atoms with van der Waals surface area (Å²) in [4.78, 5) is 22.1. The number of likely N-dealkylation sites (tertiary alicyclic amines) is 2. The van der Waals surface area contributed by atoms with Crippen molar-refractivity contribution in [3.8, 4) is 0 Å². The first-order valence-electron chi connectivity index (χ1n) is 14.7. The Morgan fingerprint density at radius 2 is 1.65 bits per heavy atom. The fraction of sp³-hybridized carbons (Fsp3) is 0.500. The van der Waals surface area contributed by atoms with Gasteiger partial charge in [0.2, 0.25) is 0 Å². The molecule has 0 aliphatic carbocycles. The van der Waals surface area contributed by atoms with Crippen molar-refractivity contribution >= 4 is 52.7 Å². The Labute approximate surface area is 266 Å². The van der Waals surface area contributed by atoms with Gasteiger partial charge in [-0.3, -0.25) is 14.7 Å². The highest BCUT2D eigenvalue weighted by molar-refractivity contribution is 9.10. The Kier molecular flexibility index (Phi) is 9.10. The predicted molar refractivity (Wildman–Crippen MR) is 171 cm³/mol. The molecule has 2 saturated heterocycles. The quantitative estimate of drug-likeness (QED) is 0.242. The van der Waals surface area contributed by atoms with Crippen molar-refractivity contribution in [1.29, 1.82) is 0 Å². The van der Waals surface area contributed by atoms with Crippen molar-refractivity contribution in [3.63, 3.8) is 0 Å². The summed E-state index contributed by atoms with van der Waals surface area (Å²) in [5.74, 6) is -0.737. The first kappa shape index (κ1) is 32.4. The van der Waals surface area contributed by atoms with Crippen LogP contribution < -0.4 is 0 Å². The number of carbonyl (C=O) groups excluding carboxylic acids is 1. The maximum absolute atomic E-state index is 15.2. The van der Waals surface area contributed by atoms with Crippen LogP contribution in [0.15, 0.2) is 59.2 Å². The van der Waals surface area contributed by atoms with Gasteiger partial charge in [-0.2, -0.15) is 13.2 Å². The average molecular weight is 697 g/mol. The maximum atomic E-state index is 15.2. The van der Waals surface area contributed by atoms with E-state index in [0.29, 0.717) is 55.1 Å². The van der Waals surface area contributed by atoms with Crippen LogP contribution in [0.4, 0.5) is 13.2 Å². The summed E-state index contributed by atoms with van der Waals surface area (Å²) in [5, 5.41) is 1.34. The molecule has 11 heteroatoms. The lowest BCUT2D eigenvalue weighted by Crippen LogP contribution is -2.60. The van der Waals surface area contributed by atoms with Crippen LogP contribution in [0.5, 0.6) is 0 Å². The number of fused-ring (bicyclic) bond motifs is 1. The van der Waals surface area contributed by atoms with Gasteiger partial charge >= 0.3 is 6.18 Å². The van der Waals surface area contributed by atoms with Crippen LogP contribution in [0.2, 0.25) is 24.7 Å². The Balaban J connectivity index is 1.30. The number of amides is 1. The maximum Gasteiger partial charge on any atom is 0.420 e. The summed E-state index contributed by atoms with van der Waals surface area (Å²) in [6.45, 7) is 9.91. The summed E-state index contributed by atoms with van der Waals surface area (Å²) >= 11 is 9.49. The second kappa shape index (κ2) is 12.1. The molecule has 2 aliphatic rings. The molecule has 2 aromatic carbocycles. The molecule has 1 atom stereocenters. The number of rotatable bonds is 6. The third kappa shape index (κ3) is 6.54. The number of carbonyl (C=O) groups is 1. The molecule has 3 aromatic rings. The van der Waals surface area contributed by atoms with Gasteiger partial charge in [-0.25, -0.2) is 0 Å². The van der Waals surface area contributed by atoms with Gasteiger partial charge in [0.1, 0.15) is 0 Å². The van der Waals surface area contributed by atoms with Crippen molar-refractivity contribution in [2.75, 3.05) is 26.2 Å². The van der Waals surface area contributed by atoms with E-state index in [1.165, 1.54) is 0 Å². The standard InChI is InChI=1S/C32H38BrClF3N3O2Si/c1-30(14-19-39(20-15-30)29(41)27-11-16-38-28-21-25(34)9-10-26(27)28)40-17-12-23(13-18-40)31(32(35,36)37,42-43(2,3)4)22-5-7-24(33)8-6-22/h5-11,16,21,23H,12-15,17-20H2,1-4H3. The molecule has 0 N–H and O–H groups in total. The Morgan fingerprint density at radius 1 is 1.02 bits per heavy atom. The molecule has 0 bridgehead atoms. The molecule has 232 valence electrons. The van der Waals surface area contributed by atoms with E-state index in [1.807, 2.05) is 30.6 Å². The van der Waals surface area contributed by atoms with Gasteiger partial charge in [-0.1, -0.05) is 45.7 Å². The highest BCUT2D eigenvalue weighted by atomic mass is 79.9. The molecule has 1 unspecified atom stereocenters. The second-order valence-electron chi connectivity index (χ2n) is 13.0. The average Bonchev–Trinajstić information content (AvgIpc) is 2.95. The molecule has 0 spiro atoms. The number of hydrogen-bond acceptors (Lipinski definition) is 4. The van der Waals surface area contributed by atoms with E-state index in [1.54, 1.807) is 48.7 Å². The lowest BCUT2D eigenvalue weighted by Gasteiger charge is -2.53. The van der Waals surface area contributed by atoms with Gasteiger partial charge in [-0.05, 0) is 101 Å². The first-order valence-corrected chi connectivity index (χ1v) is 19.3. The monoisotopic (exact) mass is 695 g/mol.